The van der Waals surface area contributed by atoms with E-state index in [-0.39, 0.29) is 24.8 Å². The number of alkyl halides is 3. The van der Waals surface area contributed by atoms with Gasteiger partial charge < -0.3 is 9.57 Å². The molecular formula is C22H20F3NO4. The summed E-state index contributed by atoms with van der Waals surface area (Å²) in [5.41, 5.74) is 0.821. The smallest absolute Gasteiger partial charge is 0.416 e. The van der Waals surface area contributed by atoms with E-state index in [0.29, 0.717) is 30.6 Å². The van der Waals surface area contributed by atoms with E-state index in [4.69, 9.17) is 9.57 Å². The average Bonchev–Trinajstić information content (AvgIpc) is 3.04. The van der Waals surface area contributed by atoms with Gasteiger partial charge in [-0.25, -0.2) is 0 Å². The third-order valence-corrected chi connectivity index (χ3v) is 4.72. The summed E-state index contributed by atoms with van der Waals surface area (Å²) in [6, 6.07) is 11.9. The molecule has 0 unspecified atom stereocenters. The Hall–Kier alpha value is -3.16. The summed E-state index contributed by atoms with van der Waals surface area (Å²) in [7, 11) is 0. The van der Waals surface area contributed by atoms with Gasteiger partial charge in [-0.3, -0.25) is 9.59 Å². The van der Waals surface area contributed by atoms with Gasteiger partial charge in [0.05, 0.1) is 5.56 Å². The molecule has 158 valence electrons. The van der Waals surface area contributed by atoms with Crippen molar-refractivity contribution >= 4 is 17.8 Å². The lowest BCUT2D eigenvalue weighted by atomic mass is 10.1. The van der Waals surface area contributed by atoms with Gasteiger partial charge in [0.2, 0.25) is 0 Å². The van der Waals surface area contributed by atoms with E-state index < -0.39 is 17.7 Å². The van der Waals surface area contributed by atoms with Crippen molar-refractivity contribution in [2.75, 3.05) is 6.61 Å². The monoisotopic (exact) mass is 419 g/mol. The van der Waals surface area contributed by atoms with Crippen molar-refractivity contribution in [3.8, 4) is 5.75 Å². The van der Waals surface area contributed by atoms with Gasteiger partial charge in [0.25, 0.3) is 0 Å². The van der Waals surface area contributed by atoms with Crippen molar-refractivity contribution in [3.63, 3.8) is 0 Å². The molecule has 0 N–H and O–H groups in total. The van der Waals surface area contributed by atoms with E-state index in [1.54, 1.807) is 18.3 Å². The molecule has 0 radical (unpaired) electrons. The molecule has 5 nitrogen and oxygen atoms in total. The summed E-state index contributed by atoms with van der Waals surface area (Å²) in [5.74, 6) is -0.214. The number of hydrogen-bond donors (Lipinski definition) is 0. The lowest BCUT2D eigenvalue weighted by Gasteiger charge is -2.10. The van der Waals surface area contributed by atoms with Crippen LogP contribution < -0.4 is 4.74 Å². The van der Waals surface area contributed by atoms with Gasteiger partial charge >= 0.3 is 6.18 Å². The van der Waals surface area contributed by atoms with Crippen LogP contribution in [0.2, 0.25) is 0 Å². The highest BCUT2D eigenvalue weighted by atomic mass is 19.4. The number of ether oxygens (including phenoxy) is 1. The maximum absolute atomic E-state index is 12.5. The minimum Gasteiger partial charge on any atom is -0.492 e. The first-order chi connectivity index (χ1) is 14.3. The van der Waals surface area contributed by atoms with Crippen LogP contribution in [0, 0.1) is 5.92 Å². The third kappa shape index (κ3) is 5.92. The Morgan fingerprint density at radius 1 is 0.933 bits per heavy atom. The van der Waals surface area contributed by atoms with Crippen molar-refractivity contribution < 1.29 is 32.3 Å². The van der Waals surface area contributed by atoms with Crippen molar-refractivity contribution in [3.05, 3.63) is 65.2 Å². The van der Waals surface area contributed by atoms with Gasteiger partial charge in [-0.15, -0.1) is 0 Å². The molecule has 0 amide bonds. The number of carbonyl (C=O) groups is 2. The minimum atomic E-state index is -4.36. The molecule has 3 rings (SSSR count). The fourth-order valence-electron chi connectivity index (χ4n) is 2.96. The number of ketones is 2. The number of hydrogen-bond acceptors (Lipinski definition) is 5. The average molecular weight is 419 g/mol. The highest BCUT2D eigenvalue weighted by molar-refractivity contribution is 6.08. The highest BCUT2D eigenvalue weighted by Crippen LogP contribution is 2.29. The van der Waals surface area contributed by atoms with Gasteiger partial charge in [-0.05, 0) is 35.4 Å². The maximum Gasteiger partial charge on any atom is 0.416 e. The Bertz CT molecular complexity index is 889. The molecule has 0 aliphatic heterocycles. The van der Waals surface area contributed by atoms with E-state index in [1.807, 2.05) is 12.1 Å². The van der Waals surface area contributed by atoms with Crippen molar-refractivity contribution in [1.29, 1.82) is 0 Å². The molecule has 1 aliphatic rings. The quantitative estimate of drug-likeness (QED) is 0.362. The predicted molar refractivity (Wildman–Crippen MR) is 103 cm³/mol. The van der Waals surface area contributed by atoms with E-state index in [0.717, 1.165) is 17.7 Å². The molecule has 1 saturated carbocycles. The lowest BCUT2D eigenvalue weighted by molar-refractivity contribution is -0.137. The molecule has 0 aromatic heterocycles. The maximum atomic E-state index is 12.5. The molecule has 0 bridgehead atoms. The van der Waals surface area contributed by atoms with E-state index in [1.165, 1.54) is 12.1 Å². The summed E-state index contributed by atoms with van der Waals surface area (Å²) in [6.07, 6.45) is -1.72. The number of benzene rings is 2. The molecule has 2 aromatic carbocycles. The van der Waals surface area contributed by atoms with Crippen LogP contribution in [-0.2, 0) is 33.6 Å². The number of rotatable bonds is 8. The first-order valence-corrected chi connectivity index (χ1v) is 9.40. The largest absolute Gasteiger partial charge is 0.492 e. The number of halogens is 3. The minimum absolute atomic E-state index is 0.0656. The summed E-state index contributed by atoms with van der Waals surface area (Å²) in [6.45, 7) is 0.135. The second-order valence-corrected chi connectivity index (χ2v) is 6.90. The Balaban J connectivity index is 1.40. The molecule has 0 atom stereocenters. The van der Waals surface area contributed by atoms with E-state index in [2.05, 4.69) is 5.16 Å². The van der Waals surface area contributed by atoms with Crippen LogP contribution in [-0.4, -0.2) is 24.4 Å². The van der Waals surface area contributed by atoms with Crippen LogP contribution in [0.5, 0.6) is 5.75 Å². The van der Waals surface area contributed by atoms with Crippen LogP contribution in [0.15, 0.2) is 53.7 Å². The molecular weight excluding hydrogens is 399 g/mol. The molecule has 0 spiro atoms. The first-order valence-electron chi connectivity index (χ1n) is 9.40. The van der Waals surface area contributed by atoms with Crippen LogP contribution in [0.4, 0.5) is 13.2 Å². The second-order valence-electron chi connectivity index (χ2n) is 6.90. The standard InChI is InChI=1S/C22H20F3NO4/c23-22(24,25)17-5-1-16(2-6-17)13-30-26-12-11-15-3-7-18(8-4-15)29-14-19-20(27)9-10-21(19)28/h1-8,12,19H,9-11,13-14H2. The first kappa shape index (κ1) is 21.5. The van der Waals surface area contributed by atoms with Crippen LogP contribution in [0.3, 0.4) is 0 Å². The molecule has 2 aromatic rings. The van der Waals surface area contributed by atoms with Crippen LogP contribution in [0.1, 0.15) is 29.5 Å². The molecule has 8 heteroatoms. The zero-order valence-electron chi connectivity index (χ0n) is 16.0. The molecule has 0 heterocycles. The summed E-state index contributed by atoms with van der Waals surface area (Å²) >= 11 is 0. The van der Waals surface area contributed by atoms with Crippen LogP contribution >= 0.6 is 0 Å². The van der Waals surface area contributed by atoms with Gasteiger partial charge in [0.15, 0.2) is 0 Å². The molecule has 1 fully saturated rings. The fourth-order valence-corrected chi connectivity index (χ4v) is 2.96. The topological polar surface area (TPSA) is 65.0 Å². The van der Waals surface area contributed by atoms with Crippen molar-refractivity contribution in [2.45, 2.75) is 32.0 Å². The van der Waals surface area contributed by atoms with Gasteiger partial charge in [0.1, 0.15) is 36.4 Å². The second kappa shape index (κ2) is 9.56. The Kier molecular flexibility index (Phi) is 6.87. The van der Waals surface area contributed by atoms with Gasteiger partial charge in [-0.2, -0.15) is 13.2 Å². The normalized spacial score (nSPS) is 15.2. The van der Waals surface area contributed by atoms with Gasteiger partial charge in [0, 0.05) is 25.5 Å². The Morgan fingerprint density at radius 2 is 1.53 bits per heavy atom. The van der Waals surface area contributed by atoms with Crippen LogP contribution in [0.25, 0.3) is 0 Å². The van der Waals surface area contributed by atoms with Gasteiger partial charge in [-0.1, -0.05) is 29.4 Å². The number of oxime groups is 1. The Morgan fingerprint density at radius 3 is 2.13 bits per heavy atom. The Labute approximate surface area is 171 Å². The number of carbonyl (C=O) groups excluding carboxylic acids is 2. The van der Waals surface area contributed by atoms with E-state index >= 15 is 0 Å². The zero-order valence-corrected chi connectivity index (χ0v) is 16.0. The fraction of sp³-hybridized carbons (Fsp3) is 0.318. The lowest BCUT2D eigenvalue weighted by Crippen LogP contribution is -2.22. The van der Waals surface area contributed by atoms with E-state index in [9.17, 15) is 22.8 Å². The SMILES string of the molecule is O=C1CCC(=O)C1COc1ccc(CC=NOCc2ccc(C(F)(F)F)cc2)cc1. The number of Topliss-reactive ketones (excluding diaryl/α,β-unsaturated/α-hetero) is 2. The zero-order chi connectivity index (χ0) is 21.6. The predicted octanol–water partition coefficient (Wildman–Crippen LogP) is 4.38. The molecule has 30 heavy (non-hydrogen) atoms. The van der Waals surface area contributed by atoms with Crippen molar-refractivity contribution in [2.24, 2.45) is 11.1 Å². The third-order valence-electron chi connectivity index (χ3n) is 4.72. The summed E-state index contributed by atoms with van der Waals surface area (Å²) in [4.78, 5) is 28.3. The highest BCUT2D eigenvalue weighted by Gasteiger charge is 2.33. The number of nitrogens with zero attached hydrogens (tertiary/aromatic N) is 1. The molecule has 1 aliphatic carbocycles. The summed E-state index contributed by atoms with van der Waals surface area (Å²) in [5, 5.41) is 3.81. The summed E-state index contributed by atoms with van der Waals surface area (Å²) < 4.78 is 43.1. The molecule has 0 saturated heterocycles. The van der Waals surface area contributed by atoms with Crippen molar-refractivity contribution in [1.82, 2.24) is 0 Å².